The molecule has 3 heteroatoms. The summed E-state index contributed by atoms with van der Waals surface area (Å²) in [5.41, 5.74) is 2.41. The third-order valence-electron chi connectivity index (χ3n) is 4.88. The van der Waals surface area contributed by atoms with Crippen LogP contribution in [0, 0.1) is 23.2 Å². The first-order valence-corrected chi connectivity index (χ1v) is 8.72. The molecule has 0 spiro atoms. The Kier molecular flexibility index (Phi) is 5.82. The van der Waals surface area contributed by atoms with Crippen LogP contribution in [0.25, 0.3) is 0 Å². The number of carbonyl (C=O) groups excluding carboxylic acids is 1. The van der Waals surface area contributed by atoms with Crippen LogP contribution in [-0.4, -0.2) is 23.9 Å². The van der Waals surface area contributed by atoms with Gasteiger partial charge in [-0.05, 0) is 35.8 Å². The zero-order valence-electron chi connectivity index (χ0n) is 14.7. The van der Waals surface area contributed by atoms with Gasteiger partial charge < -0.3 is 4.90 Å². The van der Waals surface area contributed by atoms with Gasteiger partial charge in [0.25, 0.3) is 0 Å². The maximum absolute atomic E-state index is 13.0. The summed E-state index contributed by atoms with van der Waals surface area (Å²) < 4.78 is 0. The van der Waals surface area contributed by atoms with E-state index in [1.807, 2.05) is 4.90 Å². The fraction of sp³-hybridized carbons (Fsp3) is 0.600. The fourth-order valence-corrected chi connectivity index (χ4v) is 3.33. The van der Waals surface area contributed by atoms with Crippen LogP contribution in [-0.2, 0) is 4.79 Å². The third-order valence-corrected chi connectivity index (χ3v) is 4.88. The van der Waals surface area contributed by atoms with Crippen LogP contribution in [0.4, 0.5) is 0 Å². The van der Waals surface area contributed by atoms with E-state index in [1.165, 1.54) is 5.56 Å². The number of rotatable bonds is 4. The van der Waals surface area contributed by atoms with Crippen molar-refractivity contribution in [2.45, 2.75) is 52.4 Å². The van der Waals surface area contributed by atoms with E-state index in [0.717, 1.165) is 18.4 Å². The summed E-state index contributed by atoms with van der Waals surface area (Å²) in [5, 5.41) is 9.01. The molecule has 0 saturated carbocycles. The first kappa shape index (κ1) is 17.5. The molecule has 0 N–H and O–H groups in total. The van der Waals surface area contributed by atoms with Gasteiger partial charge in [-0.2, -0.15) is 5.26 Å². The topological polar surface area (TPSA) is 44.1 Å². The van der Waals surface area contributed by atoms with Crippen molar-refractivity contribution >= 4 is 5.91 Å². The van der Waals surface area contributed by atoms with Crippen molar-refractivity contribution < 1.29 is 4.79 Å². The highest BCUT2D eigenvalue weighted by atomic mass is 16.2. The highest BCUT2D eigenvalue weighted by Crippen LogP contribution is 2.30. The van der Waals surface area contributed by atoms with Gasteiger partial charge in [0.1, 0.15) is 0 Å². The molecular weight excluding hydrogens is 284 g/mol. The number of carbonyl (C=O) groups is 1. The summed E-state index contributed by atoms with van der Waals surface area (Å²) in [5.74, 6) is 1.01. The molecule has 1 atom stereocenters. The highest BCUT2D eigenvalue weighted by molar-refractivity contribution is 5.84. The van der Waals surface area contributed by atoms with Gasteiger partial charge in [-0.15, -0.1) is 0 Å². The maximum Gasteiger partial charge on any atom is 0.230 e. The lowest BCUT2D eigenvalue weighted by Crippen LogP contribution is -2.42. The molecule has 1 aliphatic rings. The van der Waals surface area contributed by atoms with Crippen molar-refractivity contribution in [2.75, 3.05) is 13.1 Å². The molecule has 23 heavy (non-hydrogen) atoms. The van der Waals surface area contributed by atoms with Crippen molar-refractivity contribution in [1.29, 1.82) is 5.26 Å². The van der Waals surface area contributed by atoms with Gasteiger partial charge in [-0.3, -0.25) is 4.79 Å². The van der Waals surface area contributed by atoms with Gasteiger partial charge in [-0.25, -0.2) is 0 Å². The van der Waals surface area contributed by atoms with E-state index < -0.39 is 0 Å². The van der Waals surface area contributed by atoms with Crippen molar-refractivity contribution in [3.05, 3.63) is 35.4 Å². The number of hydrogen-bond donors (Lipinski definition) is 0. The summed E-state index contributed by atoms with van der Waals surface area (Å²) in [7, 11) is 0. The second kappa shape index (κ2) is 7.64. The standard InChI is InChI=1S/C20H28N2O/c1-14(2)17-5-7-18(8-6-17)19(15(3)4)20(23)22-11-9-16(13-21)10-12-22/h5-8,14-16,19H,9-12H2,1-4H3. The summed E-state index contributed by atoms with van der Waals surface area (Å²) >= 11 is 0. The minimum atomic E-state index is -0.0881. The molecule has 2 rings (SSSR count). The number of hydrogen-bond acceptors (Lipinski definition) is 2. The Bertz CT molecular complexity index is 560. The van der Waals surface area contributed by atoms with Crippen LogP contribution in [0.2, 0.25) is 0 Å². The molecule has 1 aromatic carbocycles. The number of nitrogens with zero attached hydrogens (tertiary/aromatic N) is 2. The largest absolute Gasteiger partial charge is 0.342 e. The molecule has 1 amide bonds. The molecule has 1 saturated heterocycles. The Morgan fingerprint density at radius 1 is 1.09 bits per heavy atom. The molecule has 1 unspecified atom stereocenters. The minimum absolute atomic E-state index is 0.0881. The summed E-state index contributed by atoms with van der Waals surface area (Å²) in [6.45, 7) is 10.0. The van der Waals surface area contributed by atoms with E-state index >= 15 is 0 Å². The number of amides is 1. The zero-order chi connectivity index (χ0) is 17.0. The highest BCUT2D eigenvalue weighted by Gasteiger charge is 2.31. The van der Waals surface area contributed by atoms with Crippen LogP contribution in [0.1, 0.15) is 63.5 Å². The second-order valence-electron chi connectivity index (χ2n) is 7.27. The monoisotopic (exact) mass is 312 g/mol. The normalized spacial score (nSPS) is 17.3. The predicted molar refractivity (Wildman–Crippen MR) is 93.0 cm³/mol. The quantitative estimate of drug-likeness (QED) is 0.831. The minimum Gasteiger partial charge on any atom is -0.342 e. The molecule has 0 aromatic heterocycles. The Hall–Kier alpha value is -1.82. The summed E-state index contributed by atoms with van der Waals surface area (Å²) in [4.78, 5) is 15.0. The Morgan fingerprint density at radius 2 is 1.61 bits per heavy atom. The molecule has 1 aromatic rings. The van der Waals surface area contributed by atoms with Crippen LogP contribution in [0.3, 0.4) is 0 Å². The maximum atomic E-state index is 13.0. The average molecular weight is 312 g/mol. The molecule has 0 bridgehead atoms. The van der Waals surface area contributed by atoms with E-state index in [0.29, 0.717) is 19.0 Å². The van der Waals surface area contributed by atoms with Crippen LogP contribution >= 0.6 is 0 Å². The van der Waals surface area contributed by atoms with Crippen molar-refractivity contribution in [1.82, 2.24) is 4.90 Å². The number of likely N-dealkylation sites (tertiary alicyclic amines) is 1. The summed E-state index contributed by atoms with van der Waals surface area (Å²) in [6, 6.07) is 10.8. The van der Waals surface area contributed by atoms with E-state index in [-0.39, 0.29) is 23.7 Å². The second-order valence-corrected chi connectivity index (χ2v) is 7.27. The summed E-state index contributed by atoms with van der Waals surface area (Å²) in [6.07, 6.45) is 1.61. The smallest absolute Gasteiger partial charge is 0.230 e. The Morgan fingerprint density at radius 3 is 2.04 bits per heavy atom. The van der Waals surface area contributed by atoms with Crippen molar-refractivity contribution in [3.63, 3.8) is 0 Å². The fourth-order valence-electron chi connectivity index (χ4n) is 3.33. The third kappa shape index (κ3) is 4.13. The van der Waals surface area contributed by atoms with Gasteiger partial charge >= 0.3 is 0 Å². The molecule has 0 aliphatic carbocycles. The van der Waals surface area contributed by atoms with E-state index in [9.17, 15) is 4.79 Å². The molecule has 1 fully saturated rings. The van der Waals surface area contributed by atoms with E-state index in [1.54, 1.807) is 0 Å². The lowest BCUT2D eigenvalue weighted by molar-refractivity contribution is -0.135. The van der Waals surface area contributed by atoms with Crippen molar-refractivity contribution in [2.24, 2.45) is 11.8 Å². The molecule has 1 aliphatic heterocycles. The molecule has 124 valence electrons. The first-order chi connectivity index (χ1) is 10.9. The predicted octanol–water partition coefficient (Wildman–Crippen LogP) is 4.31. The molecule has 3 nitrogen and oxygen atoms in total. The van der Waals surface area contributed by atoms with Gasteiger partial charge in [0.15, 0.2) is 0 Å². The van der Waals surface area contributed by atoms with Crippen LogP contribution < -0.4 is 0 Å². The van der Waals surface area contributed by atoms with Crippen molar-refractivity contribution in [3.8, 4) is 6.07 Å². The lowest BCUT2D eigenvalue weighted by Gasteiger charge is -2.33. The van der Waals surface area contributed by atoms with Gasteiger partial charge in [0.05, 0.1) is 12.0 Å². The average Bonchev–Trinajstić information content (AvgIpc) is 2.55. The molecular formula is C20H28N2O. The van der Waals surface area contributed by atoms with E-state index in [4.69, 9.17) is 5.26 Å². The van der Waals surface area contributed by atoms with Gasteiger partial charge in [0, 0.05) is 19.0 Å². The number of nitriles is 1. The number of piperidine rings is 1. The Balaban J connectivity index is 2.15. The molecule has 1 heterocycles. The lowest BCUT2D eigenvalue weighted by atomic mass is 9.85. The number of benzene rings is 1. The van der Waals surface area contributed by atoms with Gasteiger partial charge in [-0.1, -0.05) is 52.0 Å². The molecule has 0 radical (unpaired) electrons. The SMILES string of the molecule is CC(C)c1ccc(C(C(=O)N2CCC(C#N)CC2)C(C)C)cc1. The van der Waals surface area contributed by atoms with Gasteiger partial charge in [0.2, 0.25) is 5.91 Å². The van der Waals surface area contributed by atoms with Crippen LogP contribution in [0.15, 0.2) is 24.3 Å². The Labute approximate surface area is 140 Å². The van der Waals surface area contributed by atoms with E-state index in [2.05, 4.69) is 58.0 Å². The first-order valence-electron chi connectivity index (χ1n) is 8.72. The van der Waals surface area contributed by atoms with Crippen LogP contribution in [0.5, 0.6) is 0 Å². The zero-order valence-corrected chi connectivity index (χ0v) is 14.7.